The van der Waals surface area contributed by atoms with Crippen molar-refractivity contribution in [1.29, 1.82) is 0 Å². The van der Waals surface area contributed by atoms with Gasteiger partial charge < -0.3 is 14.2 Å². The van der Waals surface area contributed by atoms with Gasteiger partial charge in [0.15, 0.2) is 17.3 Å². The van der Waals surface area contributed by atoms with Gasteiger partial charge in [-0.05, 0) is 41.5 Å². The van der Waals surface area contributed by atoms with Crippen molar-refractivity contribution >= 4 is 11.9 Å². The summed E-state index contributed by atoms with van der Waals surface area (Å²) in [6, 6.07) is 19.5. The number of piperidine rings is 1. The van der Waals surface area contributed by atoms with E-state index in [1.165, 1.54) is 5.56 Å². The molecule has 1 aliphatic rings. The second-order valence-corrected chi connectivity index (χ2v) is 9.32. The molecule has 4 rings (SSSR count). The number of carbonyl (C=O) groups is 1. The zero-order valence-electron chi connectivity index (χ0n) is 20.9. The number of methoxy groups -OCH3 is 3. The maximum atomic E-state index is 13.9. The van der Waals surface area contributed by atoms with Crippen LogP contribution in [0.2, 0.25) is 0 Å². The third kappa shape index (κ3) is 5.08. The summed E-state index contributed by atoms with van der Waals surface area (Å²) < 4.78 is 16.8. The highest BCUT2D eigenvalue weighted by atomic mass is 16.5. The number of pyridine rings is 1. The number of rotatable bonds is 7. The first-order valence-corrected chi connectivity index (χ1v) is 11.6. The van der Waals surface area contributed by atoms with Gasteiger partial charge in [-0.25, -0.2) is 0 Å². The maximum Gasteiger partial charge on any atom is 0.203 e. The van der Waals surface area contributed by atoms with Crippen LogP contribution < -0.4 is 14.2 Å². The Hall–Kier alpha value is -3.64. The molecule has 0 amide bonds. The lowest BCUT2D eigenvalue weighted by Crippen LogP contribution is -2.49. The van der Waals surface area contributed by atoms with Crippen LogP contribution in [0.3, 0.4) is 0 Å². The molecule has 0 radical (unpaired) electrons. The molecule has 1 aliphatic heterocycles. The normalized spacial score (nSPS) is 18.9. The van der Waals surface area contributed by atoms with Gasteiger partial charge in [0.1, 0.15) is 0 Å². The van der Waals surface area contributed by atoms with Crippen molar-refractivity contribution in [2.45, 2.75) is 26.4 Å². The predicted molar refractivity (Wildman–Crippen MR) is 137 cm³/mol. The number of ether oxygens (including phenoxy) is 3. The lowest BCUT2D eigenvalue weighted by molar-refractivity contribution is -0.128. The predicted octanol–water partition coefficient (Wildman–Crippen LogP) is 5.34. The van der Waals surface area contributed by atoms with E-state index in [1.54, 1.807) is 27.5 Å². The average molecular weight is 473 g/mol. The highest BCUT2D eigenvalue weighted by Gasteiger charge is 2.44. The number of Topliss-reactive ketones (excluding diaryl/α,β-unsaturated/α-hetero) is 1. The van der Waals surface area contributed by atoms with Crippen molar-refractivity contribution in [2.24, 2.45) is 5.41 Å². The van der Waals surface area contributed by atoms with E-state index in [0.29, 0.717) is 35.9 Å². The van der Waals surface area contributed by atoms with Gasteiger partial charge in [-0.1, -0.05) is 50.2 Å². The first kappa shape index (κ1) is 24.5. The zero-order valence-corrected chi connectivity index (χ0v) is 20.9. The van der Waals surface area contributed by atoms with E-state index in [1.807, 2.05) is 68.5 Å². The quantitative estimate of drug-likeness (QED) is 0.433. The molecule has 2 heterocycles. The molecule has 0 saturated carbocycles. The molecule has 6 heteroatoms. The molecule has 0 bridgehead atoms. The van der Waals surface area contributed by atoms with E-state index in [0.717, 1.165) is 11.3 Å². The molecule has 1 fully saturated rings. The van der Waals surface area contributed by atoms with Crippen LogP contribution in [0, 0.1) is 5.41 Å². The van der Waals surface area contributed by atoms with E-state index in [9.17, 15) is 4.79 Å². The average Bonchev–Trinajstić information content (AvgIpc) is 2.87. The molecule has 1 atom stereocenters. The number of hydrogen-bond acceptors (Lipinski definition) is 6. The summed E-state index contributed by atoms with van der Waals surface area (Å²) in [6.45, 7) is 5.29. The minimum Gasteiger partial charge on any atom is -0.493 e. The third-order valence-electron chi connectivity index (χ3n) is 6.36. The molecule has 1 aromatic heterocycles. The Morgan fingerprint density at radius 3 is 2.20 bits per heavy atom. The van der Waals surface area contributed by atoms with E-state index >= 15 is 0 Å². The molecule has 0 spiro atoms. The molecule has 2 aromatic carbocycles. The lowest BCUT2D eigenvalue weighted by Gasteiger charge is -2.44. The van der Waals surface area contributed by atoms with Gasteiger partial charge in [0.05, 0.1) is 33.1 Å². The smallest absolute Gasteiger partial charge is 0.203 e. The van der Waals surface area contributed by atoms with E-state index in [4.69, 9.17) is 14.2 Å². The second kappa shape index (κ2) is 10.3. The van der Waals surface area contributed by atoms with Crippen LogP contribution >= 0.6 is 0 Å². The lowest BCUT2D eigenvalue weighted by atomic mass is 9.74. The molecule has 6 nitrogen and oxygen atoms in total. The Bertz CT molecular complexity index is 1180. The van der Waals surface area contributed by atoms with Crippen LogP contribution in [-0.2, 0) is 11.3 Å². The summed E-state index contributed by atoms with van der Waals surface area (Å²) in [5.74, 6) is 1.73. The number of carbonyl (C=O) groups excluding carboxylic acids is 1. The van der Waals surface area contributed by atoms with Crippen molar-refractivity contribution in [1.82, 2.24) is 9.88 Å². The van der Waals surface area contributed by atoms with Gasteiger partial charge in [-0.2, -0.15) is 0 Å². The Labute approximate surface area is 207 Å². The molecule has 1 saturated heterocycles. The fourth-order valence-electron chi connectivity index (χ4n) is 4.76. The van der Waals surface area contributed by atoms with Gasteiger partial charge in [0.2, 0.25) is 5.75 Å². The first-order valence-electron chi connectivity index (χ1n) is 11.6. The van der Waals surface area contributed by atoms with Crippen molar-refractivity contribution < 1.29 is 19.0 Å². The highest BCUT2D eigenvalue weighted by molar-refractivity contribution is 6.05. The first-order chi connectivity index (χ1) is 16.9. The number of ketones is 1. The van der Waals surface area contributed by atoms with Gasteiger partial charge in [-0.15, -0.1) is 0 Å². The van der Waals surface area contributed by atoms with E-state index in [2.05, 4.69) is 22.0 Å². The fraction of sp³-hybridized carbons (Fsp3) is 0.310. The van der Waals surface area contributed by atoms with Crippen molar-refractivity contribution in [2.75, 3.05) is 27.9 Å². The molecular formula is C29H32N2O4. The number of nitrogens with zero attached hydrogens (tertiary/aromatic N) is 2. The third-order valence-corrected chi connectivity index (χ3v) is 6.36. The summed E-state index contributed by atoms with van der Waals surface area (Å²) in [7, 11) is 4.78. The van der Waals surface area contributed by atoms with Gasteiger partial charge in [0.25, 0.3) is 0 Å². The minimum atomic E-state index is -0.563. The fourth-order valence-corrected chi connectivity index (χ4v) is 4.76. The number of benzene rings is 2. The SMILES string of the molecule is COc1cc(C2/C(=C/c3ccccn3)C(=O)C(C)(C)CN2Cc2ccccc2)cc(OC)c1OC. The van der Waals surface area contributed by atoms with Crippen LogP contribution in [0.25, 0.3) is 6.08 Å². The van der Waals surface area contributed by atoms with E-state index < -0.39 is 5.41 Å². The Kier molecular flexibility index (Phi) is 7.22. The van der Waals surface area contributed by atoms with Crippen molar-refractivity contribution in [3.63, 3.8) is 0 Å². The monoisotopic (exact) mass is 472 g/mol. The van der Waals surface area contributed by atoms with Gasteiger partial charge in [-0.3, -0.25) is 14.7 Å². The summed E-state index contributed by atoms with van der Waals surface area (Å²) >= 11 is 0. The van der Waals surface area contributed by atoms with Crippen LogP contribution in [0.4, 0.5) is 0 Å². The van der Waals surface area contributed by atoms with Gasteiger partial charge in [0, 0.05) is 30.3 Å². The highest BCUT2D eigenvalue weighted by Crippen LogP contribution is 2.46. The number of hydrogen-bond donors (Lipinski definition) is 0. The Balaban J connectivity index is 1.92. The summed E-state index contributed by atoms with van der Waals surface area (Å²) in [5, 5.41) is 0. The number of aromatic nitrogens is 1. The topological polar surface area (TPSA) is 60.9 Å². The van der Waals surface area contributed by atoms with Gasteiger partial charge >= 0.3 is 0 Å². The molecular weight excluding hydrogens is 440 g/mol. The van der Waals surface area contributed by atoms with Crippen molar-refractivity contribution in [3.05, 3.63) is 89.3 Å². The molecule has 0 aliphatic carbocycles. The Morgan fingerprint density at radius 2 is 1.63 bits per heavy atom. The standard InChI is InChI=1S/C29H32N2O4/c1-29(2)19-31(18-20-11-7-6-8-12-20)26(23(28(29)32)17-22-13-9-10-14-30-22)21-15-24(33-3)27(35-5)25(16-21)34-4/h6-17,26H,18-19H2,1-5H3/b23-17-. The van der Waals surface area contributed by atoms with Crippen LogP contribution in [0.15, 0.2) is 72.4 Å². The molecule has 35 heavy (non-hydrogen) atoms. The van der Waals surface area contributed by atoms with Crippen LogP contribution in [0.1, 0.15) is 36.7 Å². The molecule has 182 valence electrons. The zero-order chi connectivity index (χ0) is 25.0. The number of likely N-dealkylation sites (tertiary alicyclic amines) is 1. The second-order valence-electron chi connectivity index (χ2n) is 9.32. The maximum absolute atomic E-state index is 13.9. The largest absolute Gasteiger partial charge is 0.493 e. The molecule has 0 N–H and O–H groups in total. The minimum absolute atomic E-state index is 0.103. The summed E-state index contributed by atoms with van der Waals surface area (Å²) in [6.07, 6.45) is 3.65. The Morgan fingerprint density at radius 1 is 0.971 bits per heavy atom. The van der Waals surface area contributed by atoms with E-state index in [-0.39, 0.29) is 11.8 Å². The molecule has 1 unspecified atom stereocenters. The van der Waals surface area contributed by atoms with Crippen LogP contribution in [-0.4, -0.2) is 43.5 Å². The molecule has 3 aromatic rings. The summed E-state index contributed by atoms with van der Waals surface area (Å²) in [4.78, 5) is 20.7. The van der Waals surface area contributed by atoms with Crippen molar-refractivity contribution in [3.8, 4) is 17.2 Å². The summed E-state index contributed by atoms with van der Waals surface area (Å²) in [5.41, 5.74) is 2.93. The van der Waals surface area contributed by atoms with Crippen LogP contribution in [0.5, 0.6) is 17.2 Å².